The van der Waals surface area contributed by atoms with Gasteiger partial charge in [0, 0.05) is 29.2 Å². The van der Waals surface area contributed by atoms with E-state index >= 15 is 0 Å². The van der Waals surface area contributed by atoms with Crippen LogP contribution in [-0.2, 0) is 4.79 Å². The summed E-state index contributed by atoms with van der Waals surface area (Å²) in [5, 5.41) is 12.6. The molecular formula is C23H25N3O3. The van der Waals surface area contributed by atoms with Crippen molar-refractivity contribution in [1.82, 2.24) is 9.88 Å². The van der Waals surface area contributed by atoms with Crippen molar-refractivity contribution in [3.63, 3.8) is 0 Å². The zero-order valence-electron chi connectivity index (χ0n) is 16.8. The minimum Gasteiger partial charge on any atom is -0.454 e. The van der Waals surface area contributed by atoms with Crippen LogP contribution >= 0.6 is 0 Å². The Hall–Kier alpha value is -3.20. The fourth-order valence-electron chi connectivity index (χ4n) is 4.17. The number of amides is 1. The van der Waals surface area contributed by atoms with Crippen LogP contribution in [0.1, 0.15) is 49.1 Å². The number of carbonyl (C=O) groups excluding carboxylic acids is 1. The molecule has 0 bridgehead atoms. The predicted molar refractivity (Wildman–Crippen MR) is 110 cm³/mol. The third kappa shape index (κ3) is 3.86. The summed E-state index contributed by atoms with van der Waals surface area (Å²) in [4.78, 5) is 12.6. The van der Waals surface area contributed by atoms with E-state index in [2.05, 4.69) is 16.0 Å². The Morgan fingerprint density at radius 3 is 2.69 bits per heavy atom. The lowest BCUT2D eigenvalue weighted by molar-refractivity contribution is -0.117. The number of ether oxygens (including phenoxy) is 2. The van der Waals surface area contributed by atoms with Gasteiger partial charge in [0.1, 0.15) is 11.6 Å². The summed E-state index contributed by atoms with van der Waals surface area (Å²) in [6.45, 7) is 4.22. The summed E-state index contributed by atoms with van der Waals surface area (Å²) in [6, 6.07) is 10.0. The molecule has 150 valence electrons. The van der Waals surface area contributed by atoms with Gasteiger partial charge < -0.3 is 19.4 Å². The molecule has 2 aliphatic rings. The zero-order valence-corrected chi connectivity index (χ0v) is 16.8. The second-order valence-electron chi connectivity index (χ2n) is 7.68. The van der Waals surface area contributed by atoms with E-state index < -0.39 is 0 Å². The van der Waals surface area contributed by atoms with E-state index in [9.17, 15) is 10.1 Å². The van der Waals surface area contributed by atoms with Gasteiger partial charge >= 0.3 is 0 Å². The number of aryl methyl sites for hydroxylation is 1. The number of hydrogen-bond donors (Lipinski definition) is 1. The third-order valence-electron chi connectivity index (χ3n) is 5.69. The molecule has 1 aromatic heterocycles. The lowest BCUT2D eigenvalue weighted by Crippen LogP contribution is -2.36. The third-order valence-corrected chi connectivity index (χ3v) is 5.69. The minimum atomic E-state index is -0.285. The molecule has 6 heteroatoms. The van der Waals surface area contributed by atoms with E-state index in [0.717, 1.165) is 59.8 Å². The molecule has 1 N–H and O–H groups in total. The Bertz CT molecular complexity index is 1010. The lowest BCUT2D eigenvalue weighted by Gasteiger charge is -2.22. The summed E-state index contributed by atoms with van der Waals surface area (Å²) in [5.74, 6) is 1.17. The number of hydrogen-bond acceptors (Lipinski definition) is 4. The van der Waals surface area contributed by atoms with Crippen molar-refractivity contribution in [2.45, 2.75) is 52.0 Å². The van der Waals surface area contributed by atoms with Gasteiger partial charge in [-0.3, -0.25) is 4.79 Å². The largest absolute Gasteiger partial charge is 0.454 e. The van der Waals surface area contributed by atoms with Gasteiger partial charge in [0.2, 0.25) is 6.79 Å². The van der Waals surface area contributed by atoms with E-state index in [1.165, 1.54) is 6.42 Å². The Morgan fingerprint density at radius 1 is 1.17 bits per heavy atom. The molecule has 1 saturated carbocycles. The topological polar surface area (TPSA) is 76.3 Å². The van der Waals surface area contributed by atoms with Gasteiger partial charge in [-0.05, 0) is 56.5 Å². The first kappa shape index (κ1) is 19.1. The van der Waals surface area contributed by atoms with Crippen LogP contribution < -0.4 is 14.8 Å². The van der Waals surface area contributed by atoms with Crippen molar-refractivity contribution in [3.8, 4) is 23.3 Å². The minimum absolute atomic E-state index is 0.140. The molecule has 1 aromatic carbocycles. The Kier molecular flexibility index (Phi) is 5.30. The van der Waals surface area contributed by atoms with Gasteiger partial charge in [-0.2, -0.15) is 5.26 Å². The fourth-order valence-corrected chi connectivity index (χ4v) is 4.17. The van der Waals surface area contributed by atoms with Crippen LogP contribution in [0.3, 0.4) is 0 Å². The number of fused-ring (bicyclic) bond motifs is 1. The molecule has 29 heavy (non-hydrogen) atoms. The highest BCUT2D eigenvalue weighted by molar-refractivity contribution is 6.02. The van der Waals surface area contributed by atoms with Gasteiger partial charge in [0.05, 0.1) is 0 Å². The van der Waals surface area contributed by atoms with Crippen molar-refractivity contribution < 1.29 is 14.3 Å². The van der Waals surface area contributed by atoms with Crippen LogP contribution in [0.25, 0.3) is 11.8 Å². The van der Waals surface area contributed by atoms with E-state index in [1.54, 1.807) is 6.08 Å². The molecule has 0 radical (unpaired) electrons. The van der Waals surface area contributed by atoms with Crippen molar-refractivity contribution in [3.05, 3.63) is 46.8 Å². The van der Waals surface area contributed by atoms with Crippen molar-refractivity contribution in [1.29, 1.82) is 5.26 Å². The molecule has 1 fully saturated rings. The van der Waals surface area contributed by atoms with Gasteiger partial charge in [-0.25, -0.2) is 0 Å². The molecule has 4 rings (SSSR count). The quantitative estimate of drug-likeness (QED) is 0.627. The summed E-state index contributed by atoms with van der Waals surface area (Å²) in [7, 11) is 0. The number of carbonyl (C=O) groups is 1. The van der Waals surface area contributed by atoms with Crippen molar-refractivity contribution in [2.24, 2.45) is 0 Å². The average Bonchev–Trinajstić information content (AvgIpc) is 3.30. The molecule has 0 saturated heterocycles. The molecule has 0 atom stereocenters. The SMILES string of the molecule is Cc1cc(/C=C(/C#N)C(=O)NC2CCCCC2)c(C)n1-c1ccc2c(c1)OCO2. The maximum Gasteiger partial charge on any atom is 0.262 e. The molecule has 6 nitrogen and oxygen atoms in total. The van der Waals surface area contributed by atoms with Gasteiger partial charge in [0.15, 0.2) is 11.5 Å². The number of benzene rings is 1. The van der Waals surface area contributed by atoms with Crippen LogP contribution in [0, 0.1) is 25.2 Å². The summed E-state index contributed by atoms with van der Waals surface area (Å²) in [6.07, 6.45) is 7.15. The maximum atomic E-state index is 12.6. The molecule has 2 heterocycles. The molecular weight excluding hydrogens is 366 g/mol. The van der Waals surface area contributed by atoms with Crippen LogP contribution in [0.15, 0.2) is 29.8 Å². The zero-order chi connectivity index (χ0) is 20.4. The molecule has 1 aliphatic heterocycles. The van der Waals surface area contributed by atoms with Gasteiger partial charge in [-0.1, -0.05) is 19.3 Å². The Morgan fingerprint density at radius 2 is 1.93 bits per heavy atom. The fraction of sp³-hybridized carbons (Fsp3) is 0.391. The first-order valence-electron chi connectivity index (χ1n) is 10.1. The smallest absolute Gasteiger partial charge is 0.262 e. The second kappa shape index (κ2) is 8.04. The summed E-state index contributed by atoms with van der Waals surface area (Å²) in [5.41, 5.74) is 3.92. The highest BCUT2D eigenvalue weighted by atomic mass is 16.7. The van der Waals surface area contributed by atoms with Gasteiger partial charge in [-0.15, -0.1) is 0 Å². The van der Waals surface area contributed by atoms with E-state index in [-0.39, 0.29) is 24.3 Å². The normalized spacial score (nSPS) is 16.5. The van der Waals surface area contributed by atoms with E-state index in [1.807, 2.05) is 38.1 Å². The monoisotopic (exact) mass is 391 g/mol. The molecule has 2 aromatic rings. The Labute approximate surface area is 170 Å². The number of nitriles is 1. The number of nitrogens with zero attached hydrogens (tertiary/aromatic N) is 2. The van der Waals surface area contributed by atoms with Crippen molar-refractivity contribution >= 4 is 12.0 Å². The maximum absolute atomic E-state index is 12.6. The van der Waals surface area contributed by atoms with Crippen molar-refractivity contribution in [2.75, 3.05) is 6.79 Å². The summed E-state index contributed by atoms with van der Waals surface area (Å²) < 4.78 is 13.0. The number of aromatic nitrogens is 1. The van der Waals surface area contributed by atoms with E-state index in [0.29, 0.717) is 0 Å². The highest BCUT2D eigenvalue weighted by Gasteiger charge is 2.20. The first-order valence-corrected chi connectivity index (χ1v) is 10.1. The molecule has 1 aliphatic carbocycles. The Balaban J connectivity index is 1.60. The molecule has 1 amide bonds. The van der Waals surface area contributed by atoms with Gasteiger partial charge in [0.25, 0.3) is 5.91 Å². The molecule has 0 spiro atoms. The molecule has 0 unspecified atom stereocenters. The standard InChI is InChI=1S/C23H25N3O3/c1-15-10-17(11-18(13-24)23(27)25-19-6-4-3-5-7-19)16(2)26(15)20-8-9-21-22(12-20)29-14-28-21/h8-12,19H,3-7,14H2,1-2H3,(H,25,27)/b18-11-. The van der Waals surface area contributed by atoms with Crippen LogP contribution in [0.2, 0.25) is 0 Å². The second-order valence-corrected chi connectivity index (χ2v) is 7.68. The number of nitrogens with one attached hydrogen (secondary N) is 1. The predicted octanol–water partition coefficient (Wildman–Crippen LogP) is 4.18. The average molecular weight is 391 g/mol. The first-order chi connectivity index (χ1) is 14.1. The van der Waals surface area contributed by atoms with Crippen LogP contribution in [0.5, 0.6) is 11.5 Å². The number of rotatable bonds is 4. The van der Waals surface area contributed by atoms with E-state index in [4.69, 9.17) is 9.47 Å². The lowest BCUT2D eigenvalue weighted by atomic mass is 9.95. The van der Waals surface area contributed by atoms with Crippen LogP contribution in [-0.4, -0.2) is 23.3 Å². The summed E-state index contributed by atoms with van der Waals surface area (Å²) >= 11 is 0. The highest BCUT2D eigenvalue weighted by Crippen LogP contribution is 2.35. The van der Waals surface area contributed by atoms with Crippen LogP contribution in [0.4, 0.5) is 0 Å².